The highest BCUT2D eigenvalue weighted by Crippen LogP contribution is 2.34. The number of ether oxygens (including phenoxy) is 2. The zero-order chi connectivity index (χ0) is 14.5. The lowest BCUT2D eigenvalue weighted by molar-refractivity contribution is 0.340. The van der Waals surface area contributed by atoms with E-state index in [0.29, 0.717) is 12.3 Å². The van der Waals surface area contributed by atoms with E-state index < -0.39 is 0 Å². The maximum absolute atomic E-state index is 5.94. The molecule has 0 aliphatic carbocycles. The molecule has 0 saturated carbocycles. The Labute approximate surface area is 119 Å². The van der Waals surface area contributed by atoms with Crippen LogP contribution in [0.3, 0.4) is 0 Å². The Kier molecular flexibility index (Phi) is 4.35. The molecule has 0 heterocycles. The maximum Gasteiger partial charge on any atom is 0.142 e. The number of hydrogen-bond donors (Lipinski definition) is 1. The average molecular weight is 272 g/mol. The topological polar surface area (TPSA) is 47.7 Å². The number of para-hydroxylation sites is 2. The van der Waals surface area contributed by atoms with Crippen molar-refractivity contribution in [2.75, 3.05) is 31.4 Å². The van der Waals surface area contributed by atoms with Crippen LogP contribution in [0.4, 0.5) is 17.1 Å². The largest absolute Gasteiger partial charge is 0.495 e. The molecule has 0 fully saturated rings. The fourth-order valence-electron chi connectivity index (χ4n) is 2.10. The molecule has 0 spiro atoms. The minimum atomic E-state index is 0.612. The summed E-state index contributed by atoms with van der Waals surface area (Å²) in [4.78, 5) is 2.03. The molecule has 2 rings (SSSR count). The van der Waals surface area contributed by atoms with Gasteiger partial charge in [-0.2, -0.15) is 0 Å². The highest BCUT2D eigenvalue weighted by molar-refractivity contribution is 5.72. The predicted octanol–water partition coefficient (Wildman–Crippen LogP) is 3.44. The summed E-state index contributed by atoms with van der Waals surface area (Å²) in [6.45, 7) is 2.56. The van der Waals surface area contributed by atoms with Gasteiger partial charge in [-0.3, -0.25) is 0 Å². The monoisotopic (exact) mass is 272 g/mol. The number of nitrogens with two attached hydrogens (primary N) is 1. The van der Waals surface area contributed by atoms with E-state index in [1.54, 1.807) is 7.11 Å². The van der Waals surface area contributed by atoms with E-state index in [9.17, 15) is 0 Å². The summed E-state index contributed by atoms with van der Waals surface area (Å²) in [7, 11) is 3.64. The van der Waals surface area contributed by atoms with Crippen LogP contribution in [0.5, 0.6) is 11.5 Å². The van der Waals surface area contributed by atoms with E-state index >= 15 is 0 Å². The van der Waals surface area contributed by atoms with Crippen LogP contribution >= 0.6 is 0 Å². The van der Waals surface area contributed by atoms with E-state index in [4.69, 9.17) is 15.2 Å². The molecule has 0 saturated heterocycles. The molecule has 2 aromatic rings. The van der Waals surface area contributed by atoms with Gasteiger partial charge >= 0.3 is 0 Å². The van der Waals surface area contributed by atoms with Crippen molar-refractivity contribution >= 4 is 17.1 Å². The van der Waals surface area contributed by atoms with Crippen LogP contribution < -0.4 is 20.1 Å². The van der Waals surface area contributed by atoms with Crippen LogP contribution in [0.1, 0.15) is 6.92 Å². The first-order chi connectivity index (χ1) is 9.65. The molecule has 4 nitrogen and oxygen atoms in total. The molecule has 0 aliphatic rings. The minimum Gasteiger partial charge on any atom is -0.495 e. The lowest BCUT2D eigenvalue weighted by Crippen LogP contribution is -2.11. The van der Waals surface area contributed by atoms with Crippen LogP contribution in [-0.2, 0) is 0 Å². The molecule has 4 heteroatoms. The van der Waals surface area contributed by atoms with Crippen molar-refractivity contribution in [3.05, 3.63) is 42.5 Å². The molecular weight excluding hydrogens is 252 g/mol. The number of rotatable bonds is 5. The molecule has 2 aromatic carbocycles. The van der Waals surface area contributed by atoms with Crippen LogP contribution in [0.15, 0.2) is 42.5 Å². The molecule has 0 aromatic heterocycles. The van der Waals surface area contributed by atoms with Gasteiger partial charge in [0, 0.05) is 30.6 Å². The van der Waals surface area contributed by atoms with Crippen LogP contribution in [0.25, 0.3) is 0 Å². The molecule has 0 aliphatic heterocycles. The molecule has 20 heavy (non-hydrogen) atoms. The summed E-state index contributed by atoms with van der Waals surface area (Å²) >= 11 is 0. The van der Waals surface area contributed by atoms with Gasteiger partial charge in [0.1, 0.15) is 11.5 Å². The summed E-state index contributed by atoms with van der Waals surface area (Å²) in [5.41, 5.74) is 8.54. The van der Waals surface area contributed by atoms with Gasteiger partial charge in [0.05, 0.1) is 19.4 Å². The standard InChI is InChI=1S/C16H20N2O2/c1-4-20-14-10-12(17)9-13(11-14)18(2)15-7-5-6-8-16(15)19-3/h5-11H,4,17H2,1-3H3. The molecule has 0 unspecified atom stereocenters. The average Bonchev–Trinajstić information content (AvgIpc) is 2.46. The lowest BCUT2D eigenvalue weighted by Gasteiger charge is -2.22. The number of nitrogen functional groups attached to an aromatic ring is 1. The van der Waals surface area contributed by atoms with Crippen LogP contribution in [0, 0.1) is 0 Å². The van der Waals surface area contributed by atoms with Gasteiger partial charge in [-0.1, -0.05) is 12.1 Å². The highest BCUT2D eigenvalue weighted by atomic mass is 16.5. The summed E-state index contributed by atoms with van der Waals surface area (Å²) in [5, 5.41) is 0. The quantitative estimate of drug-likeness (QED) is 0.847. The zero-order valence-corrected chi connectivity index (χ0v) is 12.1. The number of hydrogen-bond acceptors (Lipinski definition) is 4. The summed E-state index contributed by atoms with van der Waals surface area (Å²) in [6.07, 6.45) is 0. The SMILES string of the molecule is CCOc1cc(N)cc(N(C)c2ccccc2OC)c1. The third-order valence-corrected chi connectivity index (χ3v) is 3.06. The van der Waals surface area contributed by atoms with Gasteiger partial charge in [-0.15, -0.1) is 0 Å². The minimum absolute atomic E-state index is 0.612. The van der Waals surface area contributed by atoms with Crippen molar-refractivity contribution in [2.45, 2.75) is 6.92 Å². The van der Waals surface area contributed by atoms with Crippen molar-refractivity contribution in [1.82, 2.24) is 0 Å². The fraction of sp³-hybridized carbons (Fsp3) is 0.250. The van der Waals surface area contributed by atoms with Gasteiger partial charge in [-0.05, 0) is 25.1 Å². The van der Waals surface area contributed by atoms with E-state index in [1.165, 1.54) is 0 Å². The fourth-order valence-corrected chi connectivity index (χ4v) is 2.10. The summed E-state index contributed by atoms with van der Waals surface area (Å²) < 4.78 is 10.9. The molecule has 106 valence electrons. The number of nitrogens with zero attached hydrogens (tertiary/aromatic N) is 1. The van der Waals surface area contributed by atoms with E-state index in [0.717, 1.165) is 22.9 Å². The van der Waals surface area contributed by atoms with E-state index in [-0.39, 0.29) is 0 Å². The van der Waals surface area contributed by atoms with Gasteiger partial charge < -0.3 is 20.1 Å². The second-order valence-corrected chi connectivity index (χ2v) is 4.42. The first-order valence-corrected chi connectivity index (χ1v) is 6.55. The van der Waals surface area contributed by atoms with Gasteiger partial charge in [-0.25, -0.2) is 0 Å². The van der Waals surface area contributed by atoms with Gasteiger partial charge in [0.2, 0.25) is 0 Å². The maximum atomic E-state index is 5.94. The van der Waals surface area contributed by atoms with Crippen molar-refractivity contribution < 1.29 is 9.47 Å². The predicted molar refractivity (Wildman–Crippen MR) is 83.1 cm³/mol. The highest BCUT2D eigenvalue weighted by Gasteiger charge is 2.11. The Hall–Kier alpha value is -2.36. The summed E-state index contributed by atoms with van der Waals surface area (Å²) in [5.74, 6) is 1.58. The van der Waals surface area contributed by atoms with Crippen molar-refractivity contribution in [3.8, 4) is 11.5 Å². The smallest absolute Gasteiger partial charge is 0.142 e. The molecule has 0 bridgehead atoms. The Bertz CT molecular complexity index is 584. The van der Waals surface area contributed by atoms with Crippen molar-refractivity contribution in [2.24, 2.45) is 0 Å². The molecule has 0 radical (unpaired) electrons. The van der Waals surface area contributed by atoms with Gasteiger partial charge in [0.25, 0.3) is 0 Å². The Morgan fingerprint density at radius 2 is 1.90 bits per heavy atom. The number of benzene rings is 2. The Morgan fingerprint density at radius 1 is 1.15 bits per heavy atom. The lowest BCUT2D eigenvalue weighted by atomic mass is 10.2. The third-order valence-electron chi connectivity index (χ3n) is 3.06. The first-order valence-electron chi connectivity index (χ1n) is 6.55. The molecule has 0 atom stereocenters. The Morgan fingerprint density at radius 3 is 2.60 bits per heavy atom. The first kappa shape index (κ1) is 14.1. The van der Waals surface area contributed by atoms with E-state index in [1.807, 2.05) is 61.3 Å². The van der Waals surface area contributed by atoms with Crippen molar-refractivity contribution in [1.29, 1.82) is 0 Å². The number of methoxy groups -OCH3 is 1. The number of anilines is 3. The van der Waals surface area contributed by atoms with Gasteiger partial charge in [0.15, 0.2) is 0 Å². The van der Waals surface area contributed by atoms with Crippen LogP contribution in [0.2, 0.25) is 0 Å². The molecule has 2 N–H and O–H groups in total. The van der Waals surface area contributed by atoms with Crippen molar-refractivity contribution in [3.63, 3.8) is 0 Å². The summed E-state index contributed by atoms with van der Waals surface area (Å²) in [6, 6.07) is 13.6. The molecule has 0 amide bonds. The second kappa shape index (κ2) is 6.19. The third kappa shape index (κ3) is 2.96. The van der Waals surface area contributed by atoms with Crippen LogP contribution in [-0.4, -0.2) is 20.8 Å². The Balaban J connectivity index is 2.39. The zero-order valence-electron chi connectivity index (χ0n) is 12.1. The molecular formula is C16H20N2O2. The van der Waals surface area contributed by atoms with E-state index in [2.05, 4.69) is 0 Å². The normalized spacial score (nSPS) is 10.2. The second-order valence-electron chi connectivity index (χ2n) is 4.42.